The Morgan fingerprint density at radius 2 is 2.09 bits per heavy atom. The second-order valence-corrected chi connectivity index (χ2v) is 7.18. The van der Waals surface area contributed by atoms with Crippen LogP contribution in [-0.2, 0) is 16.1 Å². The molecular formula is C15H19N3O3S. The summed E-state index contributed by atoms with van der Waals surface area (Å²) in [5.74, 6) is -0.787. The van der Waals surface area contributed by atoms with E-state index in [1.165, 1.54) is 11.3 Å². The van der Waals surface area contributed by atoms with Crippen LogP contribution in [0.4, 0.5) is 5.00 Å². The van der Waals surface area contributed by atoms with Crippen molar-refractivity contribution in [2.45, 2.75) is 51.7 Å². The van der Waals surface area contributed by atoms with Gasteiger partial charge in [0, 0.05) is 23.4 Å². The fraction of sp³-hybridized carbons (Fsp3) is 0.533. The van der Waals surface area contributed by atoms with Crippen molar-refractivity contribution in [1.82, 2.24) is 10.2 Å². The first-order valence-electron chi connectivity index (χ1n) is 7.36. The van der Waals surface area contributed by atoms with Gasteiger partial charge < -0.3 is 10.2 Å². The molecule has 1 saturated heterocycles. The maximum absolute atomic E-state index is 12.7. The number of piperidine rings is 1. The molecule has 1 aromatic rings. The van der Waals surface area contributed by atoms with Gasteiger partial charge in [-0.05, 0) is 27.2 Å². The van der Waals surface area contributed by atoms with E-state index in [0.29, 0.717) is 18.5 Å². The van der Waals surface area contributed by atoms with E-state index in [1.807, 2.05) is 19.2 Å². The zero-order chi connectivity index (χ0) is 16.1. The van der Waals surface area contributed by atoms with Crippen molar-refractivity contribution in [1.29, 1.82) is 0 Å². The Kier molecular flexibility index (Phi) is 3.47. The van der Waals surface area contributed by atoms with E-state index in [-0.39, 0.29) is 30.2 Å². The summed E-state index contributed by atoms with van der Waals surface area (Å²) in [6.07, 6.45) is 0.625. The maximum atomic E-state index is 12.7. The Bertz CT molecular complexity index is 667. The molecule has 1 aromatic heterocycles. The van der Waals surface area contributed by atoms with Crippen LogP contribution in [0.5, 0.6) is 0 Å². The molecular weight excluding hydrogens is 302 g/mol. The Balaban J connectivity index is 1.89. The van der Waals surface area contributed by atoms with Crippen LogP contribution in [0.1, 0.15) is 49.5 Å². The van der Waals surface area contributed by atoms with Crippen LogP contribution in [0.25, 0.3) is 0 Å². The number of imide groups is 1. The maximum Gasteiger partial charge on any atom is 0.256 e. The van der Waals surface area contributed by atoms with Gasteiger partial charge in [-0.15, -0.1) is 11.3 Å². The van der Waals surface area contributed by atoms with Crippen molar-refractivity contribution in [3.8, 4) is 0 Å². The average molecular weight is 321 g/mol. The van der Waals surface area contributed by atoms with Gasteiger partial charge in [-0.25, -0.2) is 0 Å². The molecule has 0 aliphatic carbocycles. The van der Waals surface area contributed by atoms with E-state index in [0.717, 1.165) is 10.6 Å². The summed E-state index contributed by atoms with van der Waals surface area (Å²) in [6, 6.07) is 0.276. The fourth-order valence-electron chi connectivity index (χ4n) is 2.93. The molecule has 22 heavy (non-hydrogen) atoms. The third-order valence-corrected chi connectivity index (χ3v) is 5.24. The second-order valence-electron chi connectivity index (χ2n) is 6.30. The molecule has 3 rings (SSSR count). The quantitative estimate of drug-likeness (QED) is 0.831. The molecule has 7 heteroatoms. The molecule has 2 aliphatic rings. The van der Waals surface area contributed by atoms with Gasteiger partial charge in [0.2, 0.25) is 5.91 Å². The summed E-state index contributed by atoms with van der Waals surface area (Å²) >= 11 is 1.52. The summed E-state index contributed by atoms with van der Waals surface area (Å²) in [5.41, 5.74) is 0.658. The number of nitrogens with zero attached hydrogens (tertiary/aromatic N) is 1. The molecule has 0 unspecified atom stereocenters. The Hall–Kier alpha value is -1.89. The Labute approximate surface area is 132 Å². The number of fused-ring (bicyclic) bond motifs is 1. The first-order valence-corrected chi connectivity index (χ1v) is 8.24. The number of carbonyl (C=O) groups excluding carboxylic acids is 3. The van der Waals surface area contributed by atoms with Gasteiger partial charge in [0.25, 0.3) is 11.8 Å². The molecule has 0 saturated carbocycles. The summed E-state index contributed by atoms with van der Waals surface area (Å²) in [4.78, 5) is 37.9. The molecule has 0 aromatic carbocycles. The van der Waals surface area contributed by atoms with E-state index in [2.05, 4.69) is 10.6 Å². The molecule has 6 nitrogen and oxygen atoms in total. The van der Waals surface area contributed by atoms with Gasteiger partial charge in [-0.3, -0.25) is 19.7 Å². The lowest BCUT2D eigenvalue weighted by molar-refractivity contribution is -0.142. The minimum atomic E-state index is -0.962. The van der Waals surface area contributed by atoms with Crippen molar-refractivity contribution < 1.29 is 14.4 Å². The molecule has 0 spiro atoms. The molecule has 1 atom stereocenters. The number of amides is 3. The third-order valence-electron chi connectivity index (χ3n) is 4.28. The van der Waals surface area contributed by atoms with Gasteiger partial charge in [0.15, 0.2) is 0 Å². The van der Waals surface area contributed by atoms with Gasteiger partial charge in [-0.1, -0.05) is 0 Å². The summed E-state index contributed by atoms with van der Waals surface area (Å²) in [6.45, 7) is 6.23. The third kappa shape index (κ3) is 2.20. The number of hydrogen-bond acceptors (Lipinski definition) is 5. The summed E-state index contributed by atoms with van der Waals surface area (Å²) in [5, 5.41) is 8.52. The standard InChI is InChI=1S/C15H19N3O3S/c1-8(2)16-12-9-6-18(13(20)10(9)7-22-12)15(3)5-4-11(19)17-14(15)21/h7-8,16H,4-6H2,1-3H3,(H,17,19,21)/t15-/m1/s1. The first kappa shape index (κ1) is 15.0. The zero-order valence-electron chi connectivity index (χ0n) is 12.9. The SMILES string of the molecule is CC(C)Nc1scc2c1CN([C@]1(C)CCC(=O)NC1=O)C2=O. The molecule has 3 amide bonds. The first-order chi connectivity index (χ1) is 10.3. The van der Waals surface area contributed by atoms with E-state index < -0.39 is 5.54 Å². The van der Waals surface area contributed by atoms with Gasteiger partial charge >= 0.3 is 0 Å². The topological polar surface area (TPSA) is 78.5 Å². The number of thiophene rings is 1. The highest BCUT2D eigenvalue weighted by molar-refractivity contribution is 7.14. The van der Waals surface area contributed by atoms with Gasteiger partial charge in [-0.2, -0.15) is 0 Å². The lowest BCUT2D eigenvalue weighted by Crippen LogP contribution is -2.61. The minimum Gasteiger partial charge on any atom is -0.374 e. The van der Waals surface area contributed by atoms with Gasteiger partial charge in [0.05, 0.1) is 17.1 Å². The van der Waals surface area contributed by atoms with Crippen LogP contribution >= 0.6 is 11.3 Å². The van der Waals surface area contributed by atoms with Gasteiger partial charge in [0.1, 0.15) is 5.54 Å². The highest BCUT2D eigenvalue weighted by atomic mass is 32.1. The van der Waals surface area contributed by atoms with E-state index in [9.17, 15) is 14.4 Å². The van der Waals surface area contributed by atoms with Crippen LogP contribution in [0.3, 0.4) is 0 Å². The fourth-order valence-corrected chi connectivity index (χ4v) is 4.03. The number of nitrogens with one attached hydrogen (secondary N) is 2. The monoisotopic (exact) mass is 321 g/mol. The molecule has 3 heterocycles. The van der Waals surface area contributed by atoms with Crippen molar-refractivity contribution in [2.75, 3.05) is 5.32 Å². The Morgan fingerprint density at radius 3 is 2.73 bits per heavy atom. The molecule has 0 bridgehead atoms. The highest BCUT2D eigenvalue weighted by Gasteiger charge is 2.49. The van der Waals surface area contributed by atoms with Crippen LogP contribution < -0.4 is 10.6 Å². The van der Waals surface area contributed by atoms with Crippen LogP contribution in [0.15, 0.2) is 5.38 Å². The second kappa shape index (κ2) is 5.08. The van der Waals surface area contributed by atoms with Crippen LogP contribution in [0, 0.1) is 0 Å². The summed E-state index contributed by atoms with van der Waals surface area (Å²) < 4.78 is 0. The normalized spacial score (nSPS) is 24.7. The number of hydrogen-bond donors (Lipinski definition) is 2. The van der Waals surface area contributed by atoms with Crippen molar-refractivity contribution in [2.24, 2.45) is 0 Å². The lowest BCUT2D eigenvalue weighted by atomic mass is 9.89. The smallest absolute Gasteiger partial charge is 0.256 e. The molecule has 0 radical (unpaired) electrons. The van der Waals surface area contributed by atoms with Crippen LogP contribution in [-0.4, -0.2) is 34.2 Å². The zero-order valence-corrected chi connectivity index (χ0v) is 13.7. The average Bonchev–Trinajstić information content (AvgIpc) is 2.96. The van der Waals surface area contributed by atoms with Crippen molar-refractivity contribution >= 4 is 34.1 Å². The minimum absolute atomic E-state index is 0.130. The lowest BCUT2D eigenvalue weighted by Gasteiger charge is -2.39. The number of carbonyl (C=O) groups is 3. The van der Waals surface area contributed by atoms with Crippen LogP contribution in [0.2, 0.25) is 0 Å². The number of rotatable bonds is 3. The predicted molar refractivity (Wildman–Crippen MR) is 83.7 cm³/mol. The van der Waals surface area contributed by atoms with E-state index in [1.54, 1.807) is 11.8 Å². The van der Waals surface area contributed by atoms with E-state index >= 15 is 0 Å². The molecule has 2 N–H and O–H groups in total. The van der Waals surface area contributed by atoms with Crippen molar-refractivity contribution in [3.63, 3.8) is 0 Å². The summed E-state index contributed by atoms with van der Waals surface area (Å²) in [7, 11) is 0. The highest BCUT2D eigenvalue weighted by Crippen LogP contribution is 2.40. The molecule has 2 aliphatic heterocycles. The van der Waals surface area contributed by atoms with E-state index in [4.69, 9.17) is 0 Å². The Morgan fingerprint density at radius 1 is 1.36 bits per heavy atom. The molecule has 118 valence electrons. The molecule has 1 fully saturated rings. The number of anilines is 1. The largest absolute Gasteiger partial charge is 0.374 e. The predicted octanol–water partition coefficient (Wildman–Crippen LogP) is 1.72. The van der Waals surface area contributed by atoms with Crippen molar-refractivity contribution in [3.05, 3.63) is 16.5 Å².